The van der Waals surface area contributed by atoms with E-state index in [2.05, 4.69) is 30.6 Å². The molecule has 2 fully saturated rings. The number of anilines is 1. The van der Waals surface area contributed by atoms with E-state index < -0.39 is 24.2 Å². The van der Waals surface area contributed by atoms with Crippen LogP contribution in [0.2, 0.25) is 0 Å². The second-order valence-electron chi connectivity index (χ2n) is 9.59. The normalized spacial score (nSPS) is 21.9. The molecule has 2 aliphatic rings. The van der Waals surface area contributed by atoms with Crippen LogP contribution >= 0.6 is 0 Å². The molecule has 2 saturated heterocycles. The van der Waals surface area contributed by atoms with Gasteiger partial charge < -0.3 is 14.8 Å². The highest BCUT2D eigenvalue weighted by molar-refractivity contribution is 5.89. The fourth-order valence-corrected chi connectivity index (χ4v) is 5.02. The van der Waals surface area contributed by atoms with Gasteiger partial charge in [0.2, 0.25) is 11.8 Å². The lowest BCUT2D eigenvalue weighted by Crippen LogP contribution is -2.57. The Morgan fingerprint density at radius 1 is 1.30 bits per heavy atom. The Morgan fingerprint density at radius 2 is 2.14 bits per heavy atom. The van der Waals surface area contributed by atoms with Crippen molar-refractivity contribution in [2.75, 3.05) is 38.7 Å². The number of fused-ring (bicyclic) bond motifs is 2. The number of piperidine rings is 1. The highest BCUT2D eigenvalue weighted by Crippen LogP contribution is 2.35. The molecule has 2 aliphatic heterocycles. The number of aromatic nitrogens is 6. The summed E-state index contributed by atoms with van der Waals surface area (Å²) in [6, 6.07) is 4.91. The van der Waals surface area contributed by atoms with Crippen molar-refractivity contribution < 1.29 is 22.6 Å². The molecule has 0 aliphatic carbocycles. The Labute approximate surface area is 210 Å². The molecule has 0 radical (unpaired) electrons. The number of ether oxygens (including phenoxy) is 2. The van der Waals surface area contributed by atoms with Crippen LogP contribution in [0, 0.1) is 5.82 Å². The summed E-state index contributed by atoms with van der Waals surface area (Å²) in [6.45, 7) is 3.80. The van der Waals surface area contributed by atoms with Crippen molar-refractivity contribution in [1.82, 2.24) is 34.5 Å². The minimum absolute atomic E-state index is 0.0311. The Bertz CT molecular complexity index is 1440. The highest BCUT2D eigenvalue weighted by Gasteiger charge is 2.36. The standard InChI is InChI=1S/C24H27F3N8O2/c1-13(25)8-34-20-7-14(3-4-19(20)30-32-34)21-17(27)10-35-22(21)23(36-2)29-24(31-35)28-18-5-6-33(9-16(18)26)15-11-37-12-15/h3-4,7,10,13,15-16,18H,5-6,8-9,11-12H2,1-2H3,(H,28,31)/t13-,16+,18+/m1/s1. The Balaban J connectivity index is 1.32. The summed E-state index contributed by atoms with van der Waals surface area (Å²) in [7, 11) is 1.43. The monoisotopic (exact) mass is 516 g/mol. The second-order valence-corrected chi connectivity index (χ2v) is 9.59. The van der Waals surface area contributed by atoms with E-state index in [1.165, 1.54) is 29.4 Å². The van der Waals surface area contributed by atoms with Crippen molar-refractivity contribution >= 4 is 22.5 Å². The average Bonchev–Trinajstić information content (AvgIpc) is 3.38. The number of methoxy groups -OCH3 is 1. The summed E-state index contributed by atoms with van der Waals surface area (Å²) >= 11 is 0. The molecule has 37 heavy (non-hydrogen) atoms. The van der Waals surface area contributed by atoms with E-state index in [1.807, 2.05) is 0 Å². The largest absolute Gasteiger partial charge is 0.479 e. The molecule has 196 valence electrons. The number of nitrogens with one attached hydrogen (secondary N) is 1. The fraction of sp³-hybridized carbons (Fsp3) is 0.500. The maximum Gasteiger partial charge on any atom is 0.244 e. The molecule has 4 aromatic rings. The molecule has 0 unspecified atom stereocenters. The van der Waals surface area contributed by atoms with Crippen molar-refractivity contribution in [1.29, 1.82) is 0 Å². The van der Waals surface area contributed by atoms with Gasteiger partial charge in [-0.1, -0.05) is 11.3 Å². The topological polar surface area (TPSA) is 94.6 Å². The number of halogens is 3. The zero-order valence-corrected chi connectivity index (χ0v) is 20.4. The lowest BCUT2D eigenvalue weighted by molar-refractivity contribution is -0.0794. The number of hydrogen-bond acceptors (Lipinski definition) is 8. The van der Waals surface area contributed by atoms with Crippen LogP contribution in [0.1, 0.15) is 13.3 Å². The third kappa shape index (κ3) is 4.35. The molecule has 1 N–H and O–H groups in total. The van der Waals surface area contributed by atoms with Gasteiger partial charge in [0.1, 0.15) is 23.4 Å². The molecule has 5 heterocycles. The quantitative estimate of drug-likeness (QED) is 0.401. The van der Waals surface area contributed by atoms with Gasteiger partial charge in [0, 0.05) is 13.1 Å². The predicted octanol–water partition coefficient (Wildman–Crippen LogP) is 2.87. The minimum Gasteiger partial charge on any atom is -0.479 e. The van der Waals surface area contributed by atoms with E-state index in [-0.39, 0.29) is 30.0 Å². The van der Waals surface area contributed by atoms with Crippen molar-refractivity contribution in [3.8, 4) is 17.0 Å². The summed E-state index contributed by atoms with van der Waals surface area (Å²) in [5, 5.41) is 15.5. The number of rotatable bonds is 7. The molecule has 13 heteroatoms. The Morgan fingerprint density at radius 3 is 2.84 bits per heavy atom. The first-order chi connectivity index (χ1) is 17.9. The number of alkyl halides is 2. The zero-order valence-electron chi connectivity index (χ0n) is 20.4. The van der Waals surface area contributed by atoms with Crippen LogP contribution in [0.4, 0.5) is 19.1 Å². The van der Waals surface area contributed by atoms with Crippen LogP contribution in [-0.2, 0) is 11.3 Å². The van der Waals surface area contributed by atoms with Crippen LogP contribution in [0.15, 0.2) is 24.4 Å². The third-order valence-corrected chi connectivity index (χ3v) is 7.00. The summed E-state index contributed by atoms with van der Waals surface area (Å²) < 4.78 is 57.4. The number of hydrogen-bond donors (Lipinski definition) is 1. The third-order valence-electron chi connectivity index (χ3n) is 7.00. The molecule has 10 nitrogen and oxygen atoms in total. The van der Waals surface area contributed by atoms with Gasteiger partial charge in [-0.15, -0.1) is 10.2 Å². The Kier molecular flexibility index (Phi) is 6.11. The number of nitrogens with zero attached hydrogens (tertiary/aromatic N) is 7. The lowest BCUT2D eigenvalue weighted by Gasteiger charge is -2.42. The summed E-state index contributed by atoms with van der Waals surface area (Å²) in [5.41, 5.74) is 2.21. The molecular weight excluding hydrogens is 489 g/mol. The minimum atomic E-state index is -1.12. The van der Waals surface area contributed by atoms with Gasteiger partial charge in [-0.25, -0.2) is 22.4 Å². The maximum atomic E-state index is 15.3. The molecule has 1 aromatic carbocycles. The molecule has 3 atom stereocenters. The number of likely N-dealkylation sites (tertiary alicyclic amines) is 1. The first-order valence-electron chi connectivity index (χ1n) is 12.2. The van der Waals surface area contributed by atoms with Gasteiger partial charge in [0.05, 0.1) is 56.2 Å². The first kappa shape index (κ1) is 23.9. The first-order valence-corrected chi connectivity index (χ1v) is 12.2. The molecule has 6 rings (SSSR count). The van der Waals surface area contributed by atoms with Crippen LogP contribution in [0.25, 0.3) is 27.7 Å². The summed E-state index contributed by atoms with van der Waals surface area (Å²) in [5.74, 6) is -0.255. The SMILES string of the molecule is COc1nc(N[C@H]2CCN(C3COC3)C[C@@H]2F)nn2cc(F)c(-c3ccc4nnn(C[C@@H](C)F)c4c3)c12. The molecular formula is C24H27F3N8O2. The van der Waals surface area contributed by atoms with E-state index in [0.29, 0.717) is 48.3 Å². The van der Waals surface area contributed by atoms with Gasteiger partial charge >= 0.3 is 0 Å². The van der Waals surface area contributed by atoms with Gasteiger partial charge in [-0.05, 0) is 31.0 Å². The van der Waals surface area contributed by atoms with Crippen LogP contribution in [-0.4, -0.2) is 92.3 Å². The Hall–Kier alpha value is -3.45. The van der Waals surface area contributed by atoms with Gasteiger partial charge in [0.25, 0.3) is 0 Å². The van der Waals surface area contributed by atoms with E-state index in [4.69, 9.17) is 9.47 Å². The fourth-order valence-electron chi connectivity index (χ4n) is 5.02. The lowest BCUT2D eigenvalue weighted by atomic mass is 10.0. The molecule has 3 aromatic heterocycles. The van der Waals surface area contributed by atoms with Gasteiger partial charge in [-0.3, -0.25) is 4.90 Å². The molecule has 0 saturated carbocycles. The summed E-state index contributed by atoms with van der Waals surface area (Å²) in [6.07, 6.45) is -0.432. The summed E-state index contributed by atoms with van der Waals surface area (Å²) in [4.78, 5) is 6.53. The average molecular weight is 517 g/mol. The van der Waals surface area contributed by atoms with Crippen molar-refractivity contribution in [3.05, 3.63) is 30.2 Å². The zero-order chi connectivity index (χ0) is 25.7. The van der Waals surface area contributed by atoms with E-state index in [0.717, 1.165) is 6.54 Å². The van der Waals surface area contributed by atoms with Crippen LogP contribution in [0.5, 0.6) is 5.88 Å². The molecule has 0 amide bonds. The van der Waals surface area contributed by atoms with Crippen molar-refractivity contribution in [3.63, 3.8) is 0 Å². The van der Waals surface area contributed by atoms with E-state index in [1.54, 1.807) is 18.2 Å². The second kappa shape index (κ2) is 9.45. The van der Waals surface area contributed by atoms with Crippen LogP contribution < -0.4 is 10.1 Å². The van der Waals surface area contributed by atoms with Crippen molar-refractivity contribution in [2.24, 2.45) is 0 Å². The van der Waals surface area contributed by atoms with Gasteiger partial charge in [-0.2, -0.15) is 4.98 Å². The predicted molar refractivity (Wildman–Crippen MR) is 130 cm³/mol. The van der Waals surface area contributed by atoms with Gasteiger partial charge in [0.15, 0.2) is 5.82 Å². The highest BCUT2D eigenvalue weighted by atomic mass is 19.1. The van der Waals surface area contributed by atoms with Crippen molar-refractivity contribution in [2.45, 2.75) is 44.3 Å². The van der Waals surface area contributed by atoms with E-state index in [9.17, 15) is 8.78 Å². The molecule has 0 bridgehead atoms. The number of benzene rings is 1. The van der Waals surface area contributed by atoms with E-state index >= 15 is 4.39 Å². The molecule has 0 spiro atoms. The smallest absolute Gasteiger partial charge is 0.244 e. The maximum absolute atomic E-state index is 15.3. The van der Waals surface area contributed by atoms with Crippen LogP contribution in [0.3, 0.4) is 0 Å².